The van der Waals surface area contributed by atoms with E-state index in [4.69, 9.17) is 5.11 Å². The standard InChI is InChI=1S/C14H24N2O3/c1-3-11(6-10-4-5-10)15-14(19)16-7-9(2)12(8-16)13(17)18/h9-12H,3-8H2,1-2H3,(H,15,19)(H,17,18)/t9-,11?,12-/m1/s1. The van der Waals surface area contributed by atoms with E-state index in [1.165, 1.54) is 12.8 Å². The Morgan fingerprint density at radius 1 is 1.37 bits per heavy atom. The molecule has 1 saturated heterocycles. The molecule has 108 valence electrons. The third-order valence-electron chi connectivity index (χ3n) is 4.35. The van der Waals surface area contributed by atoms with Crippen LogP contribution in [-0.4, -0.2) is 41.1 Å². The molecular weight excluding hydrogens is 244 g/mol. The second-order valence-electron chi connectivity index (χ2n) is 6.06. The lowest BCUT2D eigenvalue weighted by atomic mass is 9.99. The second kappa shape index (κ2) is 5.80. The van der Waals surface area contributed by atoms with E-state index in [2.05, 4.69) is 12.2 Å². The number of carbonyl (C=O) groups is 2. The van der Waals surface area contributed by atoms with Crippen molar-refractivity contribution in [1.29, 1.82) is 0 Å². The second-order valence-corrected chi connectivity index (χ2v) is 6.06. The fraction of sp³-hybridized carbons (Fsp3) is 0.857. The van der Waals surface area contributed by atoms with E-state index < -0.39 is 11.9 Å². The van der Waals surface area contributed by atoms with Gasteiger partial charge in [0.25, 0.3) is 0 Å². The first kappa shape index (κ1) is 14.2. The van der Waals surface area contributed by atoms with Gasteiger partial charge in [-0.25, -0.2) is 4.79 Å². The number of hydrogen-bond acceptors (Lipinski definition) is 2. The van der Waals surface area contributed by atoms with E-state index in [-0.39, 0.29) is 18.0 Å². The minimum atomic E-state index is -0.798. The molecule has 2 aliphatic rings. The normalized spacial score (nSPS) is 28.2. The molecule has 3 atom stereocenters. The van der Waals surface area contributed by atoms with E-state index in [1.54, 1.807) is 4.90 Å². The zero-order valence-corrected chi connectivity index (χ0v) is 11.8. The fourth-order valence-electron chi connectivity index (χ4n) is 2.80. The van der Waals surface area contributed by atoms with E-state index >= 15 is 0 Å². The van der Waals surface area contributed by atoms with Crippen LogP contribution in [-0.2, 0) is 4.79 Å². The summed E-state index contributed by atoms with van der Waals surface area (Å²) in [5.74, 6) is -0.400. The monoisotopic (exact) mass is 268 g/mol. The average molecular weight is 268 g/mol. The summed E-state index contributed by atoms with van der Waals surface area (Å²) in [6.07, 6.45) is 4.57. The number of nitrogens with zero attached hydrogens (tertiary/aromatic N) is 1. The van der Waals surface area contributed by atoms with Crippen LogP contribution in [0.3, 0.4) is 0 Å². The van der Waals surface area contributed by atoms with Crippen LogP contribution < -0.4 is 5.32 Å². The topological polar surface area (TPSA) is 69.6 Å². The van der Waals surface area contributed by atoms with Crippen molar-refractivity contribution in [1.82, 2.24) is 10.2 Å². The van der Waals surface area contributed by atoms with Gasteiger partial charge in [-0.3, -0.25) is 4.79 Å². The van der Waals surface area contributed by atoms with Crippen LogP contribution in [0.2, 0.25) is 0 Å². The molecule has 0 bridgehead atoms. The van der Waals surface area contributed by atoms with E-state index in [0.717, 1.165) is 18.8 Å². The Balaban J connectivity index is 1.84. The van der Waals surface area contributed by atoms with Crippen molar-refractivity contribution >= 4 is 12.0 Å². The molecule has 5 heteroatoms. The molecule has 19 heavy (non-hydrogen) atoms. The van der Waals surface area contributed by atoms with Gasteiger partial charge >= 0.3 is 12.0 Å². The largest absolute Gasteiger partial charge is 0.481 e. The van der Waals surface area contributed by atoms with Crippen molar-refractivity contribution in [3.8, 4) is 0 Å². The molecule has 5 nitrogen and oxygen atoms in total. The molecule has 2 N–H and O–H groups in total. The highest BCUT2D eigenvalue weighted by Crippen LogP contribution is 2.34. The van der Waals surface area contributed by atoms with Crippen LogP contribution in [0, 0.1) is 17.8 Å². The lowest BCUT2D eigenvalue weighted by molar-refractivity contribution is -0.142. The lowest BCUT2D eigenvalue weighted by Gasteiger charge is -2.22. The number of amides is 2. The van der Waals surface area contributed by atoms with Gasteiger partial charge in [0, 0.05) is 19.1 Å². The van der Waals surface area contributed by atoms with Gasteiger partial charge in [0.2, 0.25) is 0 Å². The maximum atomic E-state index is 12.2. The number of carboxylic acids is 1. The van der Waals surface area contributed by atoms with Gasteiger partial charge in [-0.1, -0.05) is 26.7 Å². The number of nitrogens with one attached hydrogen (secondary N) is 1. The first-order chi connectivity index (χ1) is 9.01. The highest BCUT2D eigenvalue weighted by atomic mass is 16.4. The Morgan fingerprint density at radius 2 is 2.05 bits per heavy atom. The lowest BCUT2D eigenvalue weighted by Crippen LogP contribution is -2.44. The molecule has 2 amide bonds. The van der Waals surface area contributed by atoms with E-state index in [1.807, 2.05) is 6.92 Å². The van der Waals surface area contributed by atoms with Crippen molar-refractivity contribution in [3.05, 3.63) is 0 Å². The van der Waals surface area contributed by atoms with Crippen LogP contribution in [0.5, 0.6) is 0 Å². The zero-order valence-electron chi connectivity index (χ0n) is 11.8. The molecule has 1 aliphatic carbocycles. The molecule has 0 radical (unpaired) electrons. The summed E-state index contributed by atoms with van der Waals surface area (Å²) in [4.78, 5) is 24.9. The van der Waals surface area contributed by atoms with Gasteiger partial charge < -0.3 is 15.3 Å². The van der Waals surface area contributed by atoms with E-state index in [0.29, 0.717) is 13.1 Å². The van der Waals surface area contributed by atoms with Gasteiger partial charge in [0.1, 0.15) is 0 Å². The number of hydrogen-bond donors (Lipinski definition) is 2. The van der Waals surface area contributed by atoms with Crippen LogP contribution in [0.15, 0.2) is 0 Å². The number of carboxylic acid groups (broad SMARTS) is 1. The van der Waals surface area contributed by atoms with Crippen molar-refractivity contribution in [2.24, 2.45) is 17.8 Å². The summed E-state index contributed by atoms with van der Waals surface area (Å²) < 4.78 is 0. The Kier molecular flexibility index (Phi) is 4.32. The van der Waals surface area contributed by atoms with Gasteiger partial charge in [-0.05, 0) is 24.7 Å². The fourth-order valence-corrected chi connectivity index (χ4v) is 2.80. The van der Waals surface area contributed by atoms with Crippen molar-refractivity contribution in [2.45, 2.75) is 45.6 Å². The van der Waals surface area contributed by atoms with Gasteiger partial charge in [-0.2, -0.15) is 0 Å². The average Bonchev–Trinajstić information content (AvgIpc) is 3.08. The smallest absolute Gasteiger partial charge is 0.317 e. The van der Waals surface area contributed by atoms with Crippen molar-refractivity contribution in [3.63, 3.8) is 0 Å². The molecule has 1 unspecified atom stereocenters. The predicted octanol–water partition coefficient (Wildman–Crippen LogP) is 1.93. The highest BCUT2D eigenvalue weighted by molar-refractivity contribution is 5.77. The quantitative estimate of drug-likeness (QED) is 0.800. The van der Waals surface area contributed by atoms with Gasteiger partial charge in [-0.15, -0.1) is 0 Å². The maximum Gasteiger partial charge on any atom is 0.317 e. The third kappa shape index (κ3) is 3.61. The number of carbonyl (C=O) groups excluding carboxylic acids is 1. The van der Waals surface area contributed by atoms with Crippen LogP contribution in [0.25, 0.3) is 0 Å². The first-order valence-electron chi connectivity index (χ1n) is 7.29. The maximum absolute atomic E-state index is 12.2. The molecule has 2 fully saturated rings. The SMILES string of the molecule is CCC(CC1CC1)NC(=O)N1C[C@@H](C)[C@H](C(=O)O)C1. The molecule has 1 aliphatic heterocycles. The number of aliphatic carboxylic acids is 1. The van der Waals surface area contributed by atoms with Crippen molar-refractivity contribution < 1.29 is 14.7 Å². The van der Waals surface area contributed by atoms with E-state index in [9.17, 15) is 9.59 Å². The minimum absolute atomic E-state index is 0.0340. The Hall–Kier alpha value is -1.26. The zero-order chi connectivity index (χ0) is 14.0. The summed E-state index contributed by atoms with van der Waals surface area (Å²) in [7, 11) is 0. The summed E-state index contributed by atoms with van der Waals surface area (Å²) >= 11 is 0. The number of likely N-dealkylation sites (tertiary alicyclic amines) is 1. The number of rotatable bonds is 5. The summed E-state index contributed by atoms with van der Waals surface area (Å²) in [5.41, 5.74) is 0. The van der Waals surface area contributed by atoms with Crippen LogP contribution in [0.1, 0.15) is 39.5 Å². The molecule has 0 aromatic rings. The summed E-state index contributed by atoms with van der Waals surface area (Å²) in [6.45, 7) is 4.86. The molecule has 0 spiro atoms. The molecule has 2 rings (SSSR count). The highest BCUT2D eigenvalue weighted by Gasteiger charge is 2.37. The Bertz CT molecular complexity index is 355. The molecule has 0 aromatic carbocycles. The summed E-state index contributed by atoms with van der Waals surface area (Å²) in [6, 6.07) is 0.141. The Morgan fingerprint density at radius 3 is 2.53 bits per heavy atom. The molecule has 1 saturated carbocycles. The Labute approximate surface area is 114 Å². The van der Waals surface area contributed by atoms with Gasteiger partial charge in [0.05, 0.1) is 5.92 Å². The number of urea groups is 1. The molecular formula is C14H24N2O3. The third-order valence-corrected chi connectivity index (χ3v) is 4.35. The van der Waals surface area contributed by atoms with Crippen LogP contribution >= 0.6 is 0 Å². The summed E-state index contributed by atoms with van der Waals surface area (Å²) in [5, 5.41) is 12.1. The molecule has 0 aromatic heterocycles. The van der Waals surface area contributed by atoms with Crippen molar-refractivity contribution in [2.75, 3.05) is 13.1 Å². The van der Waals surface area contributed by atoms with Crippen LogP contribution in [0.4, 0.5) is 4.79 Å². The predicted molar refractivity (Wildman–Crippen MR) is 71.8 cm³/mol. The molecule has 1 heterocycles. The first-order valence-corrected chi connectivity index (χ1v) is 7.29. The minimum Gasteiger partial charge on any atom is -0.481 e. The van der Waals surface area contributed by atoms with Gasteiger partial charge in [0.15, 0.2) is 0 Å².